The smallest absolute Gasteiger partial charge is 0.323 e. The SMILES string of the molecule is COC(=O)[C@@H]1[C@@H]2CCC[C@H]2CN1CC(=O)Nc1ccc(Cl)cc1C. The van der Waals surface area contributed by atoms with Crippen LogP contribution in [0.4, 0.5) is 5.69 Å². The van der Waals surface area contributed by atoms with Crippen LogP contribution in [0.1, 0.15) is 24.8 Å². The number of ether oxygens (including phenoxy) is 1. The molecule has 1 saturated carbocycles. The maximum atomic E-state index is 12.4. The highest BCUT2D eigenvalue weighted by Crippen LogP contribution is 2.42. The molecule has 6 heteroatoms. The van der Waals surface area contributed by atoms with Gasteiger partial charge in [-0.15, -0.1) is 0 Å². The molecule has 0 radical (unpaired) electrons. The van der Waals surface area contributed by atoms with E-state index in [-0.39, 0.29) is 24.5 Å². The van der Waals surface area contributed by atoms with E-state index < -0.39 is 0 Å². The van der Waals surface area contributed by atoms with Gasteiger partial charge in [0, 0.05) is 17.3 Å². The van der Waals surface area contributed by atoms with Gasteiger partial charge in [-0.3, -0.25) is 14.5 Å². The summed E-state index contributed by atoms with van der Waals surface area (Å²) in [6.07, 6.45) is 3.33. The molecule has 3 rings (SSSR count). The summed E-state index contributed by atoms with van der Waals surface area (Å²) in [7, 11) is 1.42. The molecule has 1 aromatic carbocycles. The Hall–Kier alpha value is -1.59. The van der Waals surface area contributed by atoms with Crippen molar-refractivity contribution in [3.63, 3.8) is 0 Å². The second kappa shape index (κ2) is 7.11. The lowest BCUT2D eigenvalue weighted by Crippen LogP contribution is -2.44. The third kappa shape index (κ3) is 3.42. The zero-order valence-electron chi connectivity index (χ0n) is 14.0. The average molecular weight is 351 g/mol. The van der Waals surface area contributed by atoms with Crippen molar-refractivity contribution >= 4 is 29.2 Å². The largest absolute Gasteiger partial charge is 0.468 e. The Bertz CT molecular complexity index is 649. The Kier molecular flexibility index (Phi) is 5.11. The summed E-state index contributed by atoms with van der Waals surface area (Å²) in [5, 5.41) is 3.56. The molecule has 1 aliphatic heterocycles. The summed E-state index contributed by atoms with van der Waals surface area (Å²) < 4.78 is 4.98. The van der Waals surface area contributed by atoms with Crippen LogP contribution in [-0.4, -0.2) is 43.0 Å². The molecule has 5 nitrogen and oxygen atoms in total. The van der Waals surface area contributed by atoms with Crippen LogP contribution in [0.2, 0.25) is 5.02 Å². The van der Waals surface area contributed by atoms with E-state index in [0.29, 0.717) is 16.9 Å². The average Bonchev–Trinajstić information content (AvgIpc) is 3.10. The van der Waals surface area contributed by atoms with E-state index in [9.17, 15) is 9.59 Å². The summed E-state index contributed by atoms with van der Waals surface area (Å²) in [5.74, 6) is 0.482. The molecular weight excluding hydrogens is 328 g/mol. The van der Waals surface area contributed by atoms with Gasteiger partial charge in [-0.25, -0.2) is 0 Å². The van der Waals surface area contributed by atoms with Crippen LogP contribution in [0.5, 0.6) is 0 Å². The van der Waals surface area contributed by atoms with E-state index in [2.05, 4.69) is 5.32 Å². The minimum Gasteiger partial charge on any atom is -0.468 e. The highest BCUT2D eigenvalue weighted by molar-refractivity contribution is 6.30. The molecule has 1 aromatic rings. The van der Waals surface area contributed by atoms with Gasteiger partial charge in [0.25, 0.3) is 0 Å². The maximum absolute atomic E-state index is 12.4. The number of nitrogens with one attached hydrogen (secondary N) is 1. The Morgan fingerprint density at radius 2 is 2.17 bits per heavy atom. The molecule has 2 aliphatic rings. The number of carbonyl (C=O) groups is 2. The molecule has 1 N–H and O–H groups in total. The van der Waals surface area contributed by atoms with Crippen LogP contribution in [-0.2, 0) is 14.3 Å². The molecule has 2 fully saturated rings. The quantitative estimate of drug-likeness (QED) is 0.848. The van der Waals surface area contributed by atoms with Crippen molar-refractivity contribution in [1.82, 2.24) is 4.90 Å². The molecule has 130 valence electrons. The van der Waals surface area contributed by atoms with Crippen LogP contribution >= 0.6 is 11.6 Å². The maximum Gasteiger partial charge on any atom is 0.323 e. The molecule has 0 aromatic heterocycles. The number of likely N-dealkylation sites (tertiary alicyclic amines) is 1. The summed E-state index contributed by atoms with van der Waals surface area (Å²) >= 11 is 5.94. The molecule has 1 saturated heterocycles. The predicted octanol–water partition coefficient (Wildman–Crippen LogP) is 2.86. The number of hydrogen-bond donors (Lipinski definition) is 1. The zero-order chi connectivity index (χ0) is 17.3. The topological polar surface area (TPSA) is 58.6 Å². The van der Waals surface area contributed by atoms with E-state index >= 15 is 0 Å². The van der Waals surface area contributed by atoms with E-state index in [1.807, 2.05) is 17.9 Å². The lowest BCUT2D eigenvalue weighted by molar-refractivity contribution is -0.147. The van der Waals surface area contributed by atoms with Gasteiger partial charge < -0.3 is 10.1 Å². The number of esters is 1. The van der Waals surface area contributed by atoms with Crippen LogP contribution < -0.4 is 5.32 Å². The fourth-order valence-electron chi connectivity index (χ4n) is 4.14. The third-order valence-corrected chi connectivity index (χ3v) is 5.47. The van der Waals surface area contributed by atoms with Crippen molar-refractivity contribution in [3.05, 3.63) is 28.8 Å². The number of carbonyl (C=O) groups excluding carboxylic acids is 2. The van der Waals surface area contributed by atoms with Crippen molar-refractivity contribution in [2.75, 3.05) is 25.5 Å². The normalized spacial score (nSPS) is 26.2. The molecule has 1 amide bonds. The first-order chi connectivity index (χ1) is 11.5. The van der Waals surface area contributed by atoms with Gasteiger partial charge >= 0.3 is 5.97 Å². The highest BCUT2D eigenvalue weighted by atomic mass is 35.5. The number of fused-ring (bicyclic) bond motifs is 1. The van der Waals surface area contributed by atoms with Crippen molar-refractivity contribution < 1.29 is 14.3 Å². The minimum absolute atomic E-state index is 0.116. The first-order valence-electron chi connectivity index (χ1n) is 8.37. The second-order valence-corrected chi connectivity index (χ2v) is 7.20. The van der Waals surface area contributed by atoms with Gasteiger partial charge in [0.2, 0.25) is 5.91 Å². The highest BCUT2D eigenvalue weighted by Gasteiger charge is 2.48. The van der Waals surface area contributed by atoms with Crippen LogP contribution in [0.3, 0.4) is 0 Å². The van der Waals surface area contributed by atoms with Gasteiger partial charge in [-0.1, -0.05) is 18.0 Å². The van der Waals surface area contributed by atoms with E-state index in [4.69, 9.17) is 16.3 Å². The number of halogens is 1. The minimum atomic E-state index is -0.292. The van der Waals surface area contributed by atoms with Crippen molar-refractivity contribution in [2.24, 2.45) is 11.8 Å². The third-order valence-electron chi connectivity index (χ3n) is 5.24. The predicted molar refractivity (Wildman–Crippen MR) is 93.0 cm³/mol. The Labute approximate surface area is 147 Å². The van der Waals surface area contributed by atoms with Crippen LogP contribution in [0.15, 0.2) is 18.2 Å². The number of anilines is 1. The summed E-state index contributed by atoms with van der Waals surface area (Å²) in [5.41, 5.74) is 1.66. The lowest BCUT2D eigenvalue weighted by Gasteiger charge is -2.25. The van der Waals surface area contributed by atoms with Crippen LogP contribution in [0.25, 0.3) is 0 Å². The van der Waals surface area contributed by atoms with Gasteiger partial charge in [-0.05, 0) is 55.4 Å². The van der Waals surface area contributed by atoms with Gasteiger partial charge in [0.05, 0.1) is 13.7 Å². The molecule has 1 heterocycles. The van der Waals surface area contributed by atoms with Gasteiger partial charge in [-0.2, -0.15) is 0 Å². The monoisotopic (exact) mass is 350 g/mol. The summed E-state index contributed by atoms with van der Waals surface area (Å²) in [4.78, 5) is 26.6. The lowest BCUT2D eigenvalue weighted by atomic mass is 9.94. The van der Waals surface area contributed by atoms with E-state index in [0.717, 1.165) is 37.1 Å². The number of methoxy groups -OCH3 is 1. The second-order valence-electron chi connectivity index (χ2n) is 6.76. The first-order valence-corrected chi connectivity index (χ1v) is 8.75. The van der Waals surface area contributed by atoms with E-state index in [1.54, 1.807) is 12.1 Å². The number of amides is 1. The Morgan fingerprint density at radius 3 is 2.88 bits per heavy atom. The zero-order valence-corrected chi connectivity index (χ0v) is 14.8. The Morgan fingerprint density at radius 1 is 1.38 bits per heavy atom. The summed E-state index contributed by atoms with van der Waals surface area (Å²) in [6, 6.07) is 5.07. The van der Waals surface area contributed by atoms with Gasteiger partial charge in [0.1, 0.15) is 6.04 Å². The molecule has 24 heavy (non-hydrogen) atoms. The molecule has 0 bridgehead atoms. The summed E-state index contributed by atoms with van der Waals surface area (Å²) in [6.45, 7) is 2.89. The molecular formula is C18H23ClN2O3. The Balaban J connectivity index is 1.67. The van der Waals surface area contributed by atoms with Crippen molar-refractivity contribution in [1.29, 1.82) is 0 Å². The van der Waals surface area contributed by atoms with E-state index in [1.165, 1.54) is 7.11 Å². The number of benzene rings is 1. The molecule has 0 spiro atoms. The number of hydrogen-bond acceptors (Lipinski definition) is 4. The molecule has 1 aliphatic carbocycles. The fraction of sp³-hybridized carbons (Fsp3) is 0.556. The first kappa shape index (κ1) is 17.2. The van der Waals surface area contributed by atoms with Crippen molar-refractivity contribution in [3.8, 4) is 0 Å². The molecule has 0 unspecified atom stereocenters. The molecule has 3 atom stereocenters. The fourth-order valence-corrected chi connectivity index (χ4v) is 4.37. The number of rotatable bonds is 4. The van der Waals surface area contributed by atoms with Crippen molar-refractivity contribution in [2.45, 2.75) is 32.2 Å². The standard InChI is InChI=1S/C18H23ClN2O3/c1-11-8-13(19)6-7-15(11)20-16(22)10-21-9-12-4-3-5-14(12)17(21)18(23)24-2/h6-8,12,14,17H,3-5,9-10H2,1-2H3,(H,20,22)/t12-,14+,17-/m0/s1. The number of nitrogens with zero attached hydrogens (tertiary/aromatic N) is 1. The van der Waals surface area contributed by atoms with Gasteiger partial charge in [0.15, 0.2) is 0 Å². The number of aryl methyl sites for hydroxylation is 1. The van der Waals surface area contributed by atoms with Crippen LogP contribution in [0, 0.1) is 18.8 Å².